The molecule has 25 heavy (non-hydrogen) atoms. The Morgan fingerprint density at radius 1 is 1.20 bits per heavy atom. The molecule has 0 aliphatic carbocycles. The van der Waals surface area contributed by atoms with Crippen LogP contribution in [0.5, 0.6) is 5.75 Å². The van der Waals surface area contributed by atoms with Gasteiger partial charge in [0.05, 0.1) is 9.23 Å². The molecule has 0 amide bonds. The fourth-order valence-corrected chi connectivity index (χ4v) is 4.06. The summed E-state index contributed by atoms with van der Waals surface area (Å²) in [5.74, 6) is -0.505. The van der Waals surface area contributed by atoms with E-state index in [1.165, 1.54) is 18.4 Å². The van der Waals surface area contributed by atoms with Crippen molar-refractivity contribution in [2.24, 2.45) is 0 Å². The molecule has 0 fully saturated rings. The highest BCUT2D eigenvalue weighted by molar-refractivity contribution is 7.89. The number of ether oxygens (including phenoxy) is 2. The van der Waals surface area contributed by atoms with Crippen molar-refractivity contribution < 1.29 is 31.1 Å². The van der Waals surface area contributed by atoms with Crippen molar-refractivity contribution in [2.45, 2.75) is 17.4 Å². The van der Waals surface area contributed by atoms with E-state index in [9.17, 15) is 21.6 Å². The van der Waals surface area contributed by atoms with Crippen molar-refractivity contribution >= 4 is 33.0 Å². The molecule has 1 aromatic carbocycles. The molecule has 0 saturated carbocycles. The molecule has 11 heteroatoms. The number of sulfonamides is 1. The number of methoxy groups -OCH3 is 1. The topological polar surface area (TPSA) is 64.6 Å². The fourth-order valence-electron chi connectivity index (χ4n) is 1.89. The maximum absolute atomic E-state index is 12.2. The van der Waals surface area contributed by atoms with Gasteiger partial charge in [-0.15, -0.1) is 24.5 Å². The smallest absolute Gasteiger partial charge is 0.406 e. The maximum Gasteiger partial charge on any atom is 0.573 e. The molecule has 138 valence electrons. The van der Waals surface area contributed by atoms with E-state index in [0.29, 0.717) is 4.34 Å². The number of rotatable bonds is 7. The number of hydrogen-bond donors (Lipinski definition) is 1. The third-order valence-electron chi connectivity index (χ3n) is 3.02. The first-order valence-electron chi connectivity index (χ1n) is 6.74. The number of nitrogens with one attached hydrogen (secondary N) is 1. The van der Waals surface area contributed by atoms with Gasteiger partial charge in [-0.3, -0.25) is 0 Å². The molecule has 1 N–H and O–H groups in total. The Labute approximate surface area is 151 Å². The Kier molecular flexibility index (Phi) is 6.33. The van der Waals surface area contributed by atoms with E-state index in [1.54, 1.807) is 12.1 Å². The minimum absolute atomic E-state index is 0.0590. The second-order valence-electron chi connectivity index (χ2n) is 4.74. The van der Waals surface area contributed by atoms with E-state index in [0.717, 1.165) is 29.1 Å². The Balaban J connectivity index is 2.05. The second-order valence-corrected chi connectivity index (χ2v) is 8.25. The summed E-state index contributed by atoms with van der Waals surface area (Å²) in [7, 11) is -2.50. The molecule has 2 aromatic rings. The van der Waals surface area contributed by atoms with Gasteiger partial charge >= 0.3 is 6.36 Å². The summed E-state index contributed by atoms with van der Waals surface area (Å²) < 4.78 is 72.6. The molecule has 2 rings (SSSR count). The van der Waals surface area contributed by atoms with Crippen LogP contribution in [0.15, 0.2) is 41.3 Å². The van der Waals surface area contributed by atoms with E-state index in [1.807, 2.05) is 0 Å². The van der Waals surface area contributed by atoms with Crippen LogP contribution in [0.4, 0.5) is 13.2 Å². The summed E-state index contributed by atoms with van der Waals surface area (Å²) >= 11 is 7.10. The zero-order chi connectivity index (χ0) is 18.7. The second kappa shape index (κ2) is 7.92. The normalized spacial score (nSPS) is 13.6. The highest BCUT2D eigenvalue weighted by Gasteiger charge is 2.31. The first kappa shape index (κ1) is 20.0. The van der Waals surface area contributed by atoms with Gasteiger partial charge in [0.1, 0.15) is 11.9 Å². The van der Waals surface area contributed by atoms with E-state index in [-0.39, 0.29) is 11.4 Å². The summed E-state index contributed by atoms with van der Waals surface area (Å²) in [4.78, 5) is 0.546. The van der Waals surface area contributed by atoms with Crippen molar-refractivity contribution in [3.05, 3.63) is 45.6 Å². The molecule has 0 radical (unpaired) electrons. The van der Waals surface area contributed by atoms with Crippen molar-refractivity contribution in [2.75, 3.05) is 13.7 Å². The lowest BCUT2D eigenvalue weighted by Crippen LogP contribution is -2.29. The predicted molar refractivity (Wildman–Crippen MR) is 87.4 cm³/mol. The molecule has 1 unspecified atom stereocenters. The monoisotopic (exact) mass is 415 g/mol. The largest absolute Gasteiger partial charge is 0.573 e. The number of halogens is 4. The lowest BCUT2D eigenvalue weighted by atomic mass is 10.3. The maximum atomic E-state index is 12.2. The SMILES string of the molecule is COC(CNS(=O)(=O)c1ccc(OC(F)(F)F)cc1)c1ccc(Cl)s1. The minimum atomic E-state index is -4.84. The molecular weight excluding hydrogens is 403 g/mol. The zero-order valence-corrected chi connectivity index (χ0v) is 15.1. The first-order chi connectivity index (χ1) is 11.6. The Bertz CT molecular complexity index is 806. The van der Waals surface area contributed by atoms with Gasteiger partial charge in [0.15, 0.2) is 0 Å². The Hall–Kier alpha value is -1.33. The van der Waals surface area contributed by atoms with Crippen LogP contribution < -0.4 is 9.46 Å². The van der Waals surface area contributed by atoms with Crippen LogP contribution in [0.2, 0.25) is 4.34 Å². The van der Waals surface area contributed by atoms with Crippen LogP contribution in [-0.2, 0) is 14.8 Å². The zero-order valence-electron chi connectivity index (χ0n) is 12.7. The van der Waals surface area contributed by atoms with Crippen molar-refractivity contribution in [1.82, 2.24) is 4.72 Å². The lowest BCUT2D eigenvalue weighted by molar-refractivity contribution is -0.274. The molecule has 0 aliphatic rings. The molecule has 0 bridgehead atoms. The summed E-state index contributed by atoms with van der Waals surface area (Å²) in [6, 6.07) is 7.28. The van der Waals surface area contributed by atoms with Gasteiger partial charge in [-0.05, 0) is 36.4 Å². The van der Waals surface area contributed by atoms with Crippen LogP contribution in [0, 0.1) is 0 Å². The van der Waals surface area contributed by atoms with Crippen LogP contribution >= 0.6 is 22.9 Å². The summed E-state index contributed by atoms with van der Waals surface area (Å²) in [5, 5.41) is 0. The van der Waals surface area contributed by atoms with Gasteiger partial charge in [-0.2, -0.15) is 0 Å². The Morgan fingerprint density at radius 2 is 1.84 bits per heavy atom. The van der Waals surface area contributed by atoms with Crippen molar-refractivity contribution in [3.63, 3.8) is 0 Å². The molecule has 0 aliphatic heterocycles. The predicted octanol–water partition coefficient (Wildman–Crippen LogP) is 3.97. The minimum Gasteiger partial charge on any atom is -0.406 e. The molecule has 1 atom stereocenters. The van der Waals surface area contributed by atoms with E-state index in [2.05, 4.69) is 9.46 Å². The molecule has 1 heterocycles. The van der Waals surface area contributed by atoms with Crippen LogP contribution in [0.3, 0.4) is 0 Å². The van der Waals surface area contributed by atoms with Gasteiger partial charge < -0.3 is 9.47 Å². The number of thiophene rings is 1. The Morgan fingerprint density at radius 3 is 2.32 bits per heavy atom. The first-order valence-corrected chi connectivity index (χ1v) is 9.42. The third kappa shape index (κ3) is 5.86. The average molecular weight is 416 g/mol. The van der Waals surface area contributed by atoms with Gasteiger partial charge in [0.2, 0.25) is 10.0 Å². The highest BCUT2D eigenvalue weighted by atomic mass is 35.5. The summed E-state index contributed by atoms with van der Waals surface area (Å²) in [6.45, 7) is -0.0590. The summed E-state index contributed by atoms with van der Waals surface area (Å²) in [6.07, 6.45) is -5.38. The van der Waals surface area contributed by atoms with E-state index >= 15 is 0 Å². The standard InChI is InChI=1S/C14H13ClF3NO4S2/c1-22-11(12-6-7-13(15)24-12)8-19-25(20,21)10-4-2-9(3-5-10)23-14(16,17)18/h2-7,11,19H,8H2,1H3. The van der Waals surface area contributed by atoms with Gasteiger partial charge in [-0.1, -0.05) is 11.6 Å². The molecule has 5 nitrogen and oxygen atoms in total. The molecule has 0 saturated heterocycles. The number of benzene rings is 1. The van der Waals surface area contributed by atoms with E-state index < -0.39 is 28.2 Å². The lowest BCUT2D eigenvalue weighted by Gasteiger charge is -2.15. The number of hydrogen-bond acceptors (Lipinski definition) is 5. The van der Waals surface area contributed by atoms with Crippen LogP contribution in [0.1, 0.15) is 11.0 Å². The van der Waals surface area contributed by atoms with Crippen LogP contribution in [-0.4, -0.2) is 28.4 Å². The molecular formula is C14H13ClF3NO4S2. The van der Waals surface area contributed by atoms with Gasteiger partial charge in [0.25, 0.3) is 0 Å². The van der Waals surface area contributed by atoms with Gasteiger partial charge in [-0.25, -0.2) is 13.1 Å². The third-order valence-corrected chi connectivity index (χ3v) is 5.78. The molecule has 1 aromatic heterocycles. The fraction of sp³-hybridized carbons (Fsp3) is 0.286. The van der Waals surface area contributed by atoms with Gasteiger partial charge in [0, 0.05) is 18.5 Å². The molecule has 0 spiro atoms. The highest BCUT2D eigenvalue weighted by Crippen LogP contribution is 2.29. The quantitative estimate of drug-likeness (QED) is 0.743. The average Bonchev–Trinajstić information content (AvgIpc) is 2.93. The van der Waals surface area contributed by atoms with Crippen molar-refractivity contribution in [1.29, 1.82) is 0 Å². The summed E-state index contributed by atoms with van der Waals surface area (Å²) in [5.41, 5.74) is 0. The van der Waals surface area contributed by atoms with Crippen LogP contribution in [0.25, 0.3) is 0 Å². The van der Waals surface area contributed by atoms with Crippen molar-refractivity contribution in [3.8, 4) is 5.75 Å². The van der Waals surface area contributed by atoms with E-state index in [4.69, 9.17) is 16.3 Å². The number of alkyl halides is 3.